The van der Waals surface area contributed by atoms with Gasteiger partial charge in [0.2, 0.25) is 5.91 Å². The quantitative estimate of drug-likeness (QED) is 0.916. The van der Waals surface area contributed by atoms with E-state index >= 15 is 0 Å². The number of anilines is 1. The molecule has 1 heterocycles. The second-order valence-electron chi connectivity index (χ2n) is 5.20. The summed E-state index contributed by atoms with van der Waals surface area (Å²) >= 11 is 0. The molecule has 1 aliphatic rings. The third-order valence-corrected chi connectivity index (χ3v) is 3.73. The highest BCUT2D eigenvalue weighted by atomic mass is 16.2. The number of nitrogens with zero attached hydrogens (tertiary/aromatic N) is 1. The van der Waals surface area contributed by atoms with E-state index in [2.05, 4.69) is 5.32 Å². The number of piperidine rings is 1. The lowest BCUT2D eigenvalue weighted by Gasteiger charge is -2.34. The Balaban J connectivity index is 2.33. The van der Waals surface area contributed by atoms with Crippen molar-refractivity contribution in [2.75, 3.05) is 18.4 Å². The van der Waals surface area contributed by atoms with Gasteiger partial charge in [0, 0.05) is 15.3 Å². The maximum Gasteiger partial charge on any atom is 0.241 e. The molecule has 3 nitrogen and oxygen atoms in total. The van der Waals surface area contributed by atoms with E-state index in [1.807, 2.05) is 32.0 Å². The van der Waals surface area contributed by atoms with E-state index < -0.39 is 31.7 Å². The molecule has 110 valence electrons. The van der Waals surface area contributed by atoms with Gasteiger partial charge in [-0.1, -0.05) is 31.5 Å². The van der Waals surface area contributed by atoms with Crippen molar-refractivity contribution in [3.05, 3.63) is 29.3 Å². The third-order valence-electron chi connectivity index (χ3n) is 3.73. The second-order valence-corrected chi connectivity index (χ2v) is 5.20. The van der Waals surface area contributed by atoms with Gasteiger partial charge in [0.05, 0.1) is 6.04 Å². The van der Waals surface area contributed by atoms with Gasteiger partial charge >= 0.3 is 0 Å². The Labute approximate surface area is 132 Å². The van der Waals surface area contributed by atoms with Crippen LogP contribution in [0.5, 0.6) is 0 Å². The van der Waals surface area contributed by atoms with Gasteiger partial charge in [-0.25, -0.2) is 0 Å². The minimum atomic E-state index is -3.15. The molecule has 1 amide bonds. The molecule has 0 aliphatic carbocycles. The van der Waals surface area contributed by atoms with Gasteiger partial charge < -0.3 is 5.32 Å². The maximum atomic E-state index is 12.9. The summed E-state index contributed by atoms with van der Waals surface area (Å²) in [7, 11) is 0. The van der Waals surface area contributed by atoms with Crippen LogP contribution in [0.25, 0.3) is 0 Å². The minimum absolute atomic E-state index is 0.118. The zero-order valence-electron chi connectivity index (χ0n) is 19.0. The van der Waals surface area contributed by atoms with Crippen LogP contribution >= 0.6 is 0 Å². The fourth-order valence-corrected chi connectivity index (χ4v) is 2.63. The van der Waals surface area contributed by atoms with E-state index in [1.165, 1.54) is 0 Å². The molecule has 20 heavy (non-hydrogen) atoms. The fourth-order valence-electron chi connectivity index (χ4n) is 2.63. The number of amides is 1. The Bertz CT molecular complexity index is 683. The van der Waals surface area contributed by atoms with Crippen LogP contribution in [0.1, 0.15) is 53.2 Å². The van der Waals surface area contributed by atoms with Gasteiger partial charge in [-0.3, -0.25) is 9.69 Å². The van der Waals surface area contributed by atoms with Gasteiger partial charge in [0.15, 0.2) is 0 Å². The Morgan fingerprint density at radius 3 is 2.90 bits per heavy atom. The van der Waals surface area contributed by atoms with Crippen LogP contribution in [-0.2, 0) is 4.79 Å². The molecular weight excluding hydrogens is 248 g/mol. The van der Waals surface area contributed by atoms with Crippen molar-refractivity contribution in [3.63, 3.8) is 0 Å². The van der Waals surface area contributed by atoms with Crippen LogP contribution in [-0.4, -0.2) is 29.9 Å². The molecule has 1 aromatic carbocycles. The highest BCUT2D eigenvalue weighted by Crippen LogP contribution is 2.23. The average Bonchev–Trinajstić information content (AvgIpc) is 2.57. The van der Waals surface area contributed by atoms with Crippen molar-refractivity contribution >= 4 is 11.6 Å². The number of benzene rings is 1. The van der Waals surface area contributed by atoms with Crippen LogP contribution < -0.4 is 5.32 Å². The number of carbonyl (C=O) groups is 1. The number of hydrogen-bond donors (Lipinski definition) is 1. The van der Waals surface area contributed by atoms with Crippen molar-refractivity contribution in [1.29, 1.82) is 0 Å². The standard InChI is InChI=1S/C17H26N2O/c1-4-11-19-12-6-5-10-15(19)17(20)18-16-13(2)8-7-9-14(16)3/h7-9,15H,4-6,10-12H2,1-3H3,(H,18,20)/t15-/m0/s1/i1D3,4D2,11D2. The maximum absolute atomic E-state index is 12.9. The van der Waals surface area contributed by atoms with Crippen molar-refractivity contribution in [2.24, 2.45) is 0 Å². The number of para-hydroxylation sites is 1. The van der Waals surface area contributed by atoms with Gasteiger partial charge in [-0.05, 0) is 57.2 Å². The Hall–Kier alpha value is -1.35. The van der Waals surface area contributed by atoms with E-state index in [0.717, 1.165) is 16.0 Å². The normalized spacial score (nSPS) is 27.1. The van der Waals surface area contributed by atoms with Gasteiger partial charge in [-0.15, -0.1) is 0 Å². The van der Waals surface area contributed by atoms with E-state index in [-0.39, 0.29) is 6.54 Å². The largest absolute Gasteiger partial charge is 0.324 e. The summed E-state index contributed by atoms with van der Waals surface area (Å²) in [4.78, 5) is 14.0. The first-order valence-electron chi connectivity index (χ1n) is 10.4. The molecule has 0 bridgehead atoms. The van der Waals surface area contributed by atoms with E-state index in [1.54, 1.807) is 0 Å². The monoisotopic (exact) mass is 281 g/mol. The molecule has 0 spiro atoms. The van der Waals surface area contributed by atoms with Crippen LogP contribution in [0.3, 0.4) is 0 Å². The summed E-state index contributed by atoms with van der Waals surface area (Å²) in [6, 6.07) is 4.64. The summed E-state index contributed by atoms with van der Waals surface area (Å²) in [5, 5.41) is 2.83. The van der Waals surface area contributed by atoms with E-state index in [4.69, 9.17) is 9.60 Å². The molecule has 1 aromatic rings. The Morgan fingerprint density at radius 2 is 2.20 bits per heavy atom. The molecule has 2 rings (SSSR count). The molecule has 0 radical (unpaired) electrons. The number of nitrogens with one attached hydrogen (secondary N) is 1. The SMILES string of the molecule is [2H]C([2H])([2H])C([2H])([2H])C([2H])([2H])N1CCCC[C@H]1C(=O)Nc1c(C)cccc1C. The van der Waals surface area contributed by atoms with Crippen LogP contribution in [0.2, 0.25) is 0 Å². The fraction of sp³-hybridized carbons (Fsp3) is 0.588. The number of hydrogen-bond acceptors (Lipinski definition) is 2. The van der Waals surface area contributed by atoms with Crippen molar-refractivity contribution in [2.45, 2.75) is 52.4 Å². The molecule has 1 aliphatic heterocycles. The van der Waals surface area contributed by atoms with E-state index in [9.17, 15) is 4.79 Å². The lowest BCUT2D eigenvalue weighted by Crippen LogP contribution is -2.47. The lowest BCUT2D eigenvalue weighted by molar-refractivity contribution is -0.122. The number of carbonyl (C=O) groups excluding carboxylic acids is 1. The van der Waals surface area contributed by atoms with Crippen LogP contribution in [0.15, 0.2) is 18.2 Å². The van der Waals surface area contributed by atoms with Gasteiger partial charge in [0.25, 0.3) is 0 Å². The predicted octanol–water partition coefficient (Wildman–Crippen LogP) is 3.51. The second kappa shape index (κ2) is 6.89. The summed E-state index contributed by atoms with van der Waals surface area (Å²) < 4.78 is 54.5. The van der Waals surface area contributed by atoms with Crippen molar-refractivity contribution in [3.8, 4) is 0 Å². The molecule has 1 atom stereocenters. The first-order valence-corrected chi connectivity index (χ1v) is 6.94. The van der Waals surface area contributed by atoms with Gasteiger partial charge in [-0.2, -0.15) is 0 Å². The molecule has 0 aromatic heterocycles. The number of rotatable bonds is 4. The minimum Gasteiger partial charge on any atom is -0.324 e. The lowest BCUT2D eigenvalue weighted by atomic mass is 10.0. The summed E-state index contributed by atoms with van der Waals surface area (Å²) in [5.74, 6) is -0.447. The smallest absolute Gasteiger partial charge is 0.241 e. The summed E-state index contributed by atoms with van der Waals surface area (Å²) in [6.45, 7) is -2.14. The number of likely N-dealkylation sites (tertiary alicyclic amines) is 1. The Kier molecular flexibility index (Phi) is 2.82. The highest BCUT2D eigenvalue weighted by Gasteiger charge is 2.28. The molecule has 3 heteroatoms. The molecule has 1 saturated heterocycles. The third kappa shape index (κ3) is 3.40. The molecular formula is C17H26N2O. The van der Waals surface area contributed by atoms with E-state index in [0.29, 0.717) is 24.9 Å². The first-order chi connectivity index (χ1) is 12.3. The van der Waals surface area contributed by atoms with Crippen molar-refractivity contribution < 1.29 is 14.4 Å². The first kappa shape index (κ1) is 8.18. The molecule has 1 N–H and O–H groups in total. The zero-order valence-corrected chi connectivity index (χ0v) is 12.0. The van der Waals surface area contributed by atoms with Crippen LogP contribution in [0.4, 0.5) is 5.69 Å². The average molecular weight is 281 g/mol. The molecule has 0 unspecified atom stereocenters. The molecule has 0 saturated carbocycles. The van der Waals surface area contributed by atoms with Crippen LogP contribution in [0, 0.1) is 13.8 Å². The summed E-state index contributed by atoms with van der Waals surface area (Å²) in [5.41, 5.74) is 2.38. The highest BCUT2D eigenvalue weighted by molar-refractivity contribution is 5.96. The predicted molar refractivity (Wildman–Crippen MR) is 84.0 cm³/mol. The topological polar surface area (TPSA) is 32.3 Å². The van der Waals surface area contributed by atoms with Crippen molar-refractivity contribution in [1.82, 2.24) is 4.90 Å². The summed E-state index contributed by atoms with van der Waals surface area (Å²) in [6.07, 6.45) is -1.51. The Morgan fingerprint density at radius 1 is 1.45 bits per heavy atom. The van der Waals surface area contributed by atoms with Gasteiger partial charge in [0.1, 0.15) is 0 Å². The molecule has 1 fully saturated rings. The number of aryl methyl sites for hydroxylation is 2. The zero-order chi connectivity index (χ0) is 20.6.